The van der Waals surface area contributed by atoms with E-state index >= 15 is 0 Å². The Labute approximate surface area is 168 Å². The normalized spacial score (nSPS) is 17.7. The highest BCUT2D eigenvalue weighted by Gasteiger charge is 2.52. The number of fused-ring (bicyclic) bond motifs is 3. The maximum absolute atomic E-state index is 13.3. The van der Waals surface area contributed by atoms with Gasteiger partial charge in [-0.05, 0) is 42.7 Å². The first-order valence-electron chi connectivity index (χ1n) is 9.82. The van der Waals surface area contributed by atoms with Crippen molar-refractivity contribution >= 4 is 34.3 Å². The molecule has 2 aliphatic rings. The van der Waals surface area contributed by atoms with Gasteiger partial charge >= 0.3 is 5.97 Å². The minimum absolute atomic E-state index is 0.0905. The van der Waals surface area contributed by atoms with Crippen LogP contribution in [0.25, 0.3) is 10.9 Å². The fourth-order valence-corrected chi connectivity index (χ4v) is 4.72. The molecule has 2 aromatic carbocycles. The number of carboxylic acid groups (broad SMARTS) is 1. The Morgan fingerprint density at radius 3 is 2.52 bits per heavy atom. The maximum atomic E-state index is 13.3. The summed E-state index contributed by atoms with van der Waals surface area (Å²) in [6, 6.07) is 19.7. The molecular formula is C23H21N3O3. The third kappa shape index (κ3) is 2.75. The van der Waals surface area contributed by atoms with Crippen LogP contribution in [0.15, 0.2) is 60.7 Å². The van der Waals surface area contributed by atoms with E-state index in [1.807, 2.05) is 54.6 Å². The summed E-state index contributed by atoms with van der Waals surface area (Å²) in [6.07, 6.45) is 1.29. The molecule has 29 heavy (non-hydrogen) atoms. The zero-order valence-electron chi connectivity index (χ0n) is 15.9. The third-order valence-electron chi connectivity index (χ3n) is 6.18. The van der Waals surface area contributed by atoms with Crippen molar-refractivity contribution in [2.75, 3.05) is 29.4 Å². The van der Waals surface area contributed by atoms with Crippen molar-refractivity contribution < 1.29 is 14.7 Å². The molecule has 1 aromatic heterocycles. The number of pyridine rings is 1. The van der Waals surface area contributed by atoms with Gasteiger partial charge in [0.25, 0.3) is 0 Å². The summed E-state index contributed by atoms with van der Waals surface area (Å²) in [7, 11) is 0. The molecule has 1 fully saturated rings. The minimum atomic E-state index is -0.997. The number of carbonyl (C=O) groups is 2. The smallest absolute Gasteiger partial charge is 0.323 e. The van der Waals surface area contributed by atoms with E-state index in [2.05, 4.69) is 11.0 Å². The largest absolute Gasteiger partial charge is 0.480 e. The Morgan fingerprint density at radius 2 is 1.72 bits per heavy atom. The van der Waals surface area contributed by atoms with Crippen LogP contribution in [0.5, 0.6) is 0 Å². The monoisotopic (exact) mass is 387 g/mol. The molecule has 3 aromatic rings. The van der Waals surface area contributed by atoms with Crippen LogP contribution in [-0.2, 0) is 15.0 Å². The number of para-hydroxylation sites is 2. The summed E-state index contributed by atoms with van der Waals surface area (Å²) in [6.45, 7) is 1.10. The number of rotatable bonds is 3. The van der Waals surface area contributed by atoms with Crippen LogP contribution in [0.2, 0.25) is 0 Å². The van der Waals surface area contributed by atoms with Gasteiger partial charge in [0.15, 0.2) is 0 Å². The van der Waals surface area contributed by atoms with Gasteiger partial charge in [-0.15, -0.1) is 0 Å². The van der Waals surface area contributed by atoms with E-state index in [0.717, 1.165) is 28.0 Å². The number of nitrogens with zero attached hydrogens (tertiary/aromatic N) is 3. The molecule has 146 valence electrons. The van der Waals surface area contributed by atoms with Gasteiger partial charge < -0.3 is 14.9 Å². The van der Waals surface area contributed by atoms with Crippen molar-refractivity contribution in [1.82, 2.24) is 4.98 Å². The van der Waals surface area contributed by atoms with Crippen LogP contribution in [0.1, 0.15) is 18.4 Å². The number of amides is 1. The summed E-state index contributed by atoms with van der Waals surface area (Å²) in [4.78, 5) is 33.1. The molecule has 1 amide bonds. The second-order valence-electron chi connectivity index (χ2n) is 7.73. The van der Waals surface area contributed by atoms with Crippen LogP contribution in [-0.4, -0.2) is 41.6 Å². The van der Waals surface area contributed by atoms with Gasteiger partial charge in [0.1, 0.15) is 12.4 Å². The van der Waals surface area contributed by atoms with E-state index in [-0.39, 0.29) is 12.5 Å². The van der Waals surface area contributed by atoms with Crippen molar-refractivity contribution in [2.24, 2.45) is 0 Å². The molecule has 6 nitrogen and oxygen atoms in total. The lowest BCUT2D eigenvalue weighted by molar-refractivity contribution is -0.137. The molecule has 2 aliphatic heterocycles. The van der Waals surface area contributed by atoms with Crippen LogP contribution >= 0.6 is 0 Å². The lowest BCUT2D eigenvalue weighted by atomic mass is 9.73. The molecule has 1 spiro atoms. The minimum Gasteiger partial charge on any atom is -0.480 e. The van der Waals surface area contributed by atoms with Crippen molar-refractivity contribution in [3.63, 3.8) is 0 Å². The topological polar surface area (TPSA) is 73.7 Å². The summed E-state index contributed by atoms with van der Waals surface area (Å²) >= 11 is 0. The quantitative estimate of drug-likeness (QED) is 0.747. The lowest BCUT2D eigenvalue weighted by Gasteiger charge is -2.39. The SMILES string of the molecule is O=C(O)CN1C(=O)C2(CCN(c3ccc4ccccc4n3)CC2)c2ccccc21. The Bertz CT molecular complexity index is 1120. The molecular weight excluding hydrogens is 366 g/mol. The molecule has 5 rings (SSSR count). The number of carboxylic acids is 1. The van der Waals surface area contributed by atoms with E-state index in [9.17, 15) is 14.7 Å². The number of aromatic nitrogens is 1. The van der Waals surface area contributed by atoms with Gasteiger partial charge in [0, 0.05) is 24.2 Å². The van der Waals surface area contributed by atoms with Crippen LogP contribution < -0.4 is 9.80 Å². The van der Waals surface area contributed by atoms with Crippen LogP contribution in [0, 0.1) is 0 Å². The van der Waals surface area contributed by atoms with Gasteiger partial charge in [0.05, 0.1) is 10.9 Å². The zero-order chi connectivity index (χ0) is 20.0. The summed E-state index contributed by atoms with van der Waals surface area (Å²) < 4.78 is 0. The molecule has 0 unspecified atom stereocenters. The number of piperidine rings is 1. The molecule has 0 radical (unpaired) electrons. The average Bonchev–Trinajstić information content (AvgIpc) is 2.97. The Balaban J connectivity index is 1.44. The van der Waals surface area contributed by atoms with Crippen LogP contribution in [0.4, 0.5) is 11.5 Å². The number of aliphatic carboxylic acids is 1. The summed E-state index contributed by atoms with van der Waals surface area (Å²) in [5, 5.41) is 10.4. The highest BCUT2D eigenvalue weighted by Crippen LogP contribution is 2.48. The fraction of sp³-hybridized carbons (Fsp3) is 0.261. The van der Waals surface area contributed by atoms with E-state index in [4.69, 9.17) is 4.98 Å². The molecule has 6 heteroatoms. The number of anilines is 2. The van der Waals surface area contributed by atoms with E-state index in [1.54, 1.807) is 0 Å². The molecule has 1 N–H and O–H groups in total. The van der Waals surface area contributed by atoms with Crippen molar-refractivity contribution in [2.45, 2.75) is 18.3 Å². The van der Waals surface area contributed by atoms with Gasteiger partial charge in [-0.25, -0.2) is 4.98 Å². The summed E-state index contributed by atoms with van der Waals surface area (Å²) in [5.74, 6) is -0.171. The van der Waals surface area contributed by atoms with E-state index < -0.39 is 11.4 Å². The van der Waals surface area contributed by atoms with Gasteiger partial charge in [-0.3, -0.25) is 9.59 Å². The van der Waals surface area contributed by atoms with Crippen molar-refractivity contribution in [3.8, 4) is 0 Å². The first-order valence-corrected chi connectivity index (χ1v) is 9.82. The molecule has 0 aliphatic carbocycles. The van der Waals surface area contributed by atoms with E-state index in [0.29, 0.717) is 25.9 Å². The predicted molar refractivity (Wildman–Crippen MR) is 111 cm³/mol. The standard InChI is InChI=1S/C23H21N3O3/c27-21(28)15-26-19-8-4-2-6-17(19)23(22(26)29)11-13-25(14-12-23)20-10-9-16-5-1-3-7-18(16)24-20/h1-10H,11-15H2,(H,27,28). The summed E-state index contributed by atoms with van der Waals surface area (Å²) in [5.41, 5.74) is 2.01. The lowest BCUT2D eigenvalue weighted by Crippen LogP contribution is -2.49. The molecule has 0 bridgehead atoms. The molecule has 3 heterocycles. The Morgan fingerprint density at radius 1 is 1.00 bits per heavy atom. The first-order chi connectivity index (χ1) is 14.1. The fourth-order valence-electron chi connectivity index (χ4n) is 4.72. The molecule has 1 saturated heterocycles. The first kappa shape index (κ1) is 17.7. The van der Waals surface area contributed by atoms with Crippen molar-refractivity contribution in [3.05, 3.63) is 66.2 Å². The second-order valence-corrected chi connectivity index (χ2v) is 7.73. The number of carbonyl (C=O) groups excluding carboxylic acids is 1. The molecule has 0 saturated carbocycles. The van der Waals surface area contributed by atoms with Gasteiger partial charge in [0.2, 0.25) is 5.91 Å². The Kier molecular flexibility index (Phi) is 4.01. The number of hydrogen-bond acceptors (Lipinski definition) is 4. The number of benzene rings is 2. The highest BCUT2D eigenvalue weighted by molar-refractivity contribution is 6.10. The third-order valence-corrected chi connectivity index (χ3v) is 6.18. The maximum Gasteiger partial charge on any atom is 0.323 e. The van der Waals surface area contributed by atoms with Gasteiger partial charge in [-0.1, -0.05) is 36.4 Å². The highest BCUT2D eigenvalue weighted by atomic mass is 16.4. The molecule has 0 atom stereocenters. The van der Waals surface area contributed by atoms with E-state index in [1.165, 1.54) is 4.90 Å². The average molecular weight is 387 g/mol. The Hall–Kier alpha value is -3.41. The van der Waals surface area contributed by atoms with Crippen LogP contribution in [0.3, 0.4) is 0 Å². The second kappa shape index (κ2) is 6.58. The predicted octanol–water partition coefficient (Wildman–Crippen LogP) is 3.20. The zero-order valence-corrected chi connectivity index (χ0v) is 15.9. The van der Waals surface area contributed by atoms with Crippen molar-refractivity contribution in [1.29, 1.82) is 0 Å². The van der Waals surface area contributed by atoms with Gasteiger partial charge in [-0.2, -0.15) is 0 Å². The number of hydrogen-bond donors (Lipinski definition) is 1.